The van der Waals surface area contributed by atoms with E-state index in [4.69, 9.17) is 28.0 Å². The van der Waals surface area contributed by atoms with E-state index in [1.165, 1.54) is 18.0 Å². The van der Waals surface area contributed by atoms with E-state index >= 15 is 0 Å². The van der Waals surface area contributed by atoms with Crippen molar-refractivity contribution in [3.8, 4) is 0 Å². The molecule has 5 rings (SSSR count). The number of para-hydroxylation sites is 1. The van der Waals surface area contributed by atoms with Crippen LogP contribution in [0.4, 0.5) is 5.69 Å². The number of nitrogens with one attached hydrogen (secondary N) is 1. The molecule has 0 aliphatic rings. The van der Waals surface area contributed by atoms with Gasteiger partial charge in [-0.2, -0.15) is 4.73 Å². The Morgan fingerprint density at radius 3 is 2.38 bits per heavy atom. The summed E-state index contributed by atoms with van der Waals surface area (Å²) in [6, 6.07) is 23.8. The summed E-state index contributed by atoms with van der Waals surface area (Å²) in [5.74, 6) is -0.312. The Bertz CT molecular complexity index is 1460. The van der Waals surface area contributed by atoms with Crippen LogP contribution in [0.2, 0.25) is 10.0 Å². The third kappa shape index (κ3) is 4.32. The van der Waals surface area contributed by atoms with Crippen LogP contribution in [0.3, 0.4) is 0 Å². The lowest BCUT2D eigenvalue weighted by molar-refractivity contribution is 0.102. The lowest BCUT2D eigenvalue weighted by Crippen LogP contribution is -2.14. The predicted octanol–water partition coefficient (Wildman–Crippen LogP) is 6.81. The summed E-state index contributed by atoms with van der Waals surface area (Å²) in [5.41, 5.74) is 3.84. The molecule has 0 unspecified atom stereocenters. The van der Waals surface area contributed by atoms with E-state index in [9.17, 15) is 4.79 Å². The van der Waals surface area contributed by atoms with E-state index in [0.717, 1.165) is 34.6 Å². The lowest BCUT2D eigenvalue weighted by atomic mass is 10.1. The first-order valence-corrected chi connectivity index (χ1v) is 11.7. The van der Waals surface area contributed by atoms with Crippen molar-refractivity contribution in [2.45, 2.75) is 12.8 Å². The van der Waals surface area contributed by atoms with E-state index in [0.29, 0.717) is 17.9 Å². The van der Waals surface area contributed by atoms with Crippen molar-refractivity contribution in [2.24, 2.45) is 0 Å². The van der Waals surface area contributed by atoms with Crippen LogP contribution in [-0.4, -0.2) is 22.2 Å². The molecule has 0 bridgehead atoms. The zero-order valence-corrected chi connectivity index (χ0v) is 19.7. The third-order valence-corrected chi connectivity index (χ3v) is 6.24. The first-order chi connectivity index (χ1) is 16.6. The monoisotopic (exact) mass is 489 g/mol. The highest BCUT2D eigenvalue weighted by Gasteiger charge is 2.20. The Balaban J connectivity index is 1.47. The highest BCUT2D eigenvalue weighted by atomic mass is 35.5. The molecule has 0 spiro atoms. The van der Waals surface area contributed by atoms with Gasteiger partial charge in [-0.15, -0.1) is 0 Å². The van der Waals surface area contributed by atoms with Gasteiger partial charge in [-0.3, -0.25) is 9.78 Å². The van der Waals surface area contributed by atoms with Crippen molar-refractivity contribution in [1.29, 1.82) is 0 Å². The van der Waals surface area contributed by atoms with Crippen LogP contribution >= 0.6 is 23.2 Å². The third-order valence-electron chi connectivity index (χ3n) is 5.66. The van der Waals surface area contributed by atoms with E-state index < -0.39 is 0 Å². The van der Waals surface area contributed by atoms with Crippen LogP contribution in [-0.2, 0) is 6.42 Å². The van der Waals surface area contributed by atoms with Gasteiger partial charge in [-0.05, 0) is 36.6 Å². The molecule has 3 aromatic carbocycles. The second kappa shape index (κ2) is 9.75. The number of aryl methyl sites for hydroxylation is 1. The van der Waals surface area contributed by atoms with Crippen molar-refractivity contribution in [3.05, 3.63) is 106 Å². The van der Waals surface area contributed by atoms with E-state index in [1.807, 2.05) is 59.3 Å². The number of halogens is 2. The highest BCUT2D eigenvalue weighted by Crippen LogP contribution is 2.33. The number of carbonyl (C=O) groups excluding carboxylic acids is 1. The van der Waals surface area contributed by atoms with Gasteiger partial charge in [0.1, 0.15) is 6.61 Å². The summed E-state index contributed by atoms with van der Waals surface area (Å²) in [6.45, 7) is 0.543. The van der Waals surface area contributed by atoms with Crippen molar-refractivity contribution >= 4 is 56.6 Å². The standard InChI is InChI=1S/C27H21Cl2N3O2/c28-21-16-30-17-22(29)26(21)31-27(33)20-12-6-14-24-25(20)19-11-4-5-13-23(19)32(24)34-15-7-10-18-8-2-1-3-9-18/h1-6,8-9,11-14,16-17H,7,10,15H2,(H,30,31,33). The molecule has 5 aromatic rings. The summed E-state index contributed by atoms with van der Waals surface area (Å²) in [7, 11) is 0. The molecule has 7 heteroatoms. The van der Waals surface area contributed by atoms with E-state index in [-0.39, 0.29) is 16.0 Å². The second-order valence-electron chi connectivity index (χ2n) is 7.87. The Morgan fingerprint density at radius 2 is 1.59 bits per heavy atom. The largest absolute Gasteiger partial charge is 0.413 e. The van der Waals surface area contributed by atoms with Gasteiger partial charge < -0.3 is 10.2 Å². The number of pyridine rings is 1. The van der Waals surface area contributed by atoms with Gasteiger partial charge in [-0.1, -0.05) is 77.8 Å². The number of amides is 1. The SMILES string of the molecule is O=C(Nc1c(Cl)cncc1Cl)c1cccc2c1c1ccccc1n2OCCCc1ccccc1. The van der Waals surface area contributed by atoms with Crippen molar-refractivity contribution < 1.29 is 9.63 Å². The summed E-state index contributed by atoms with van der Waals surface area (Å²) in [4.78, 5) is 23.5. The number of carbonyl (C=O) groups is 1. The normalized spacial score (nSPS) is 11.1. The number of hydrogen-bond acceptors (Lipinski definition) is 3. The Hall–Kier alpha value is -3.54. The molecule has 0 atom stereocenters. The number of benzene rings is 3. The minimum absolute atomic E-state index is 0.275. The Kier molecular flexibility index (Phi) is 6.39. The molecular formula is C27H21Cl2N3O2. The summed E-state index contributed by atoms with van der Waals surface area (Å²) >= 11 is 12.4. The van der Waals surface area contributed by atoms with Crippen LogP contribution < -0.4 is 10.2 Å². The Morgan fingerprint density at radius 1 is 0.882 bits per heavy atom. The molecule has 5 nitrogen and oxygen atoms in total. The predicted molar refractivity (Wildman–Crippen MR) is 138 cm³/mol. The molecular weight excluding hydrogens is 469 g/mol. The second-order valence-corrected chi connectivity index (χ2v) is 8.68. The molecule has 0 aliphatic carbocycles. The average Bonchev–Trinajstić information content (AvgIpc) is 3.18. The zero-order valence-electron chi connectivity index (χ0n) is 18.2. The summed E-state index contributed by atoms with van der Waals surface area (Å²) in [6.07, 6.45) is 4.69. The number of nitrogens with zero attached hydrogens (tertiary/aromatic N) is 2. The smallest absolute Gasteiger partial charge is 0.256 e. The fourth-order valence-corrected chi connectivity index (χ4v) is 4.56. The molecule has 1 N–H and O–H groups in total. The Labute approximate surface area is 206 Å². The molecule has 34 heavy (non-hydrogen) atoms. The van der Waals surface area contributed by atoms with Gasteiger partial charge in [0.05, 0.1) is 26.8 Å². The van der Waals surface area contributed by atoms with Gasteiger partial charge in [0, 0.05) is 28.7 Å². The molecule has 170 valence electrons. The molecule has 0 radical (unpaired) electrons. The van der Waals surface area contributed by atoms with Gasteiger partial charge in [0.15, 0.2) is 0 Å². The zero-order chi connectivity index (χ0) is 23.5. The number of rotatable bonds is 7. The fourth-order valence-electron chi connectivity index (χ4n) is 4.10. The van der Waals surface area contributed by atoms with Gasteiger partial charge >= 0.3 is 0 Å². The fraction of sp³-hybridized carbons (Fsp3) is 0.111. The number of hydrogen-bond donors (Lipinski definition) is 1. The number of anilines is 1. The molecule has 2 aromatic heterocycles. The maximum Gasteiger partial charge on any atom is 0.256 e. The molecule has 0 aliphatic heterocycles. The maximum atomic E-state index is 13.3. The number of fused-ring (bicyclic) bond motifs is 3. The van der Waals surface area contributed by atoms with Crippen LogP contribution in [0.5, 0.6) is 0 Å². The lowest BCUT2D eigenvalue weighted by Gasteiger charge is -2.11. The van der Waals surface area contributed by atoms with Gasteiger partial charge in [0.25, 0.3) is 5.91 Å². The topological polar surface area (TPSA) is 56.2 Å². The van der Waals surface area contributed by atoms with Crippen molar-refractivity contribution in [1.82, 2.24) is 9.71 Å². The summed E-state index contributed by atoms with van der Waals surface area (Å²) < 4.78 is 1.82. The van der Waals surface area contributed by atoms with E-state index in [1.54, 1.807) is 6.07 Å². The van der Waals surface area contributed by atoms with Crippen LogP contribution in [0.1, 0.15) is 22.3 Å². The first kappa shape index (κ1) is 22.3. The number of aromatic nitrogens is 2. The minimum atomic E-state index is -0.312. The molecule has 2 heterocycles. The molecule has 1 amide bonds. The van der Waals surface area contributed by atoms with Crippen molar-refractivity contribution in [3.63, 3.8) is 0 Å². The van der Waals surface area contributed by atoms with Crippen LogP contribution in [0.15, 0.2) is 85.2 Å². The summed E-state index contributed by atoms with van der Waals surface area (Å²) in [5, 5.41) is 5.12. The van der Waals surface area contributed by atoms with E-state index in [2.05, 4.69) is 22.4 Å². The average molecular weight is 490 g/mol. The highest BCUT2D eigenvalue weighted by molar-refractivity contribution is 6.40. The molecule has 0 saturated carbocycles. The van der Waals surface area contributed by atoms with Crippen molar-refractivity contribution in [2.75, 3.05) is 11.9 Å². The maximum absolute atomic E-state index is 13.3. The van der Waals surface area contributed by atoms with Gasteiger partial charge in [-0.25, -0.2) is 0 Å². The van der Waals surface area contributed by atoms with Crippen LogP contribution in [0, 0.1) is 0 Å². The molecule has 0 saturated heterocycles. The molecule has 0 fully saturated rings. The van der Waals surface area contributed by atoms with Gasteiger partial charge in [0.2, 0.25) is 0 Å². The van der Waals surface area contributed by atoms with Crippen LogP contribution in [0.25, 0.3) is 21.8 Å². The minimum Gasteiger partial charge on any atom is -0.413 e. The quantitative estimate of drug-likeness (QED) is 0.255. The first-order valence-electron chi connectivity index (χ1n) is 10.9.